The number of benzene rings is 2. The molecule has 1 nitrogen and oxygen atoms in total. The Balaban J connectivity index is 2.66. The fourth-order valence-corrected chi connectivity index (χ4v) is 2.14. The van der Waals surface area contributed by atoms with E-state index in [0.29, 0.717) is 10.6 Å². The molecule has 0 saturated heterocycles. The van der Waals surface area contributed by atoms with Crippen molar-refractivity contribution in [1.29, 1.82) is 0 Å². The Hall–Kier alpha value is -0.890. The van der Waals surface area contributed by atoms with E-state index in [1.807, 2.05) is 18.2 Å². The molecular formula is C12H7Cl3O. The van der Waals surface area contributed by atoms with E-state index >= 15 is 0 Å². The predicted molar refractivity (Wildman–Crippen MR) is 68.6 cm³/mol. The van der Waals surface area contributed by atoms with Crippen LogP contribution in [0.15, 0.2) is 36.4 Å². The molecule has 2 rings (SSSR count). The second kappa shape index (κ2) is 4.54. The van der Waals surface area contributed by atoms with Crippen LogP contribution >= 0.6 is 34.8 Å². The fraction of sp³-hybridized carbons (Fsp3) is 0. The quantitative estimate of drug-likeness (QED) is 0.773. The lowest BCUT2D eigenvalue weighted by atomic mass is 10.1. The van der Waals surface area contributed by atoms with Crippen LogP contribution in [0.25, 0.3) is 11.1 Å². The van der Waals surface area contributed by atoms with Gasteiger partial charge in [0.15, 0.2) is 5.75 Å². The minimum absolute atomic E-state index is 0.124. The van der Waals surface area contributed by atoms with Gasteiger partial charge in [-0.1, -0.05) is 59.1 Å². The van der Waals surface area contributed by atoms with Crippen molar-refractivity contribution in [3.8, 4) is 16.9 Å². The third-order valence-corrected chi connectivity index (χ3v) is 3.25. The molecule has 82 valence electrons. The maximum atomic E-state index is 9.63. The van der Waals surface area contributed by atoms with Gasteiger partial charge in [-0.2, -0.15) is 0 Å². The van der Waals surface area contributed by atoms with Crippen molar-refractivity contribution in [2.24, 2.45) is 0 Å². The molecular weight excluding hydrogens is 266 g/mol. The molecule has 0 spiro atoms. The van der Waals surface area contributed by atoms with Crippen LogP contribution < -0.4 is 0 Å². The molecule has 4 heteroatoms. The van der Waals surface area contributed by atoms with Gasteiger partial charge in [0.25, 0.3) is 0 Å². The minimum Gasteiger partial charge on any atom is -0.505 e. The van der Waals surface area contributed by atoms with Gasteiger partial charge in [-0.25, -0.2) is 0 Å². The summed E-state index contributed by atoms with van der Waals surface area (Å²) < 4.78 is 0. The van der Waals surface area contributed by atoms with Crippen LogP contribution in [0.4, 0.5) is 0 Å². The number of halogens is 3. The number of aromatic hydroxyl groups is 1. The van der Waals surface area contributed by atoms with Gasteiger partial charge in [0.1, 0.15) is 0 Å². The van der Waals surface area contributed by atoms with Crippen LogP contribution in [0.1, 0.15) is 0 Å². The molecule has 2 aromatic carbocycles. The summed E-state index contributed by atoms with van der Waals surface area (Å²) in [5, 5.41) is 10.6. The van der Waals surface area contributed by atoms with Crippen molar-refractivity contribution in [2.45, 2.75) is 0 Å². The van der Waals surface area contributed by atoms with E-state index < -0.39 is 0 Å². The lowest BCUT2D eigenvalue weighted by Gasteiger charge is -2.08. The monoisotopic (exact) mass is 272 g/mol. The average molecular weight is 274 g/mol. The van der Waals surface area contributed by atoms with Gasteiger partial charge in [-0.05, 0) is 12.1 Å². The number of phenolic OH excluding ortho intramolecular Hbond substituents is 1. The first-order chi connectivity index (χ1) is 7.61. The zero-order valence-electron chi connectivity index (χ0n) is 8.05. The highest BCUT2D eigenvalue weighted by molar-refractivity contribution is 6.40. The zero-order valence-corrected chi connectivity index (χ0v) is 10.3. The van der Waals surface area contributed by atoms with Crippen LogP contribution in [0.2, 0.25) is 15.1 Å². The molecule has 0 unspecified atom stereocenters. The van der Waals surface area contributed by atoms with Crippen LogP contribution in [0.5, 0.6) is 5.75 Å². The summed E-state index contributed by atoms with van der Waals surface area (Å²) in [6.07, 6.45) is 0. The Labute approximate surface area is 108 Å². The largest absolute Gasteiger partial charge is 0.505 e. The summed E-state index contributed by atoms with van der Waals surface area (Å²) in [6.45, 7) is 0. The molecule has 0 aliphatic carbocycles. The summed E-state index contributed by atoms with van der Waals surface area (Å²) in [6, 6.07) is 10.6. The first-order valence-corrected chi connectivity index (χ1v) is 5.66. The van der Waals surface area contributed by atoms with Crippen molar-refractivity contribution in [3.05, 3.63) is 51.5 Å². The summed E-state index contributed by atoms with van der Waals surface area (Å²) >= 11 is 17.8. The average Bonchev–Trinajstić information content (AvgIpc) is 2.28. The number of phenols is 1. The molecule has 0 aliphatic rings. The van der Waals surface area contributed by atoms with Gasteiger partial charge in [-0.3, -0.25) is 0 Å². The fourth-order valence-electron chi connectivity index (χ4n) is 1.43. The Morgan fingerprint density at radius 1 is 0.750 bits per heavy atom. The summed E-state index contributed by atoms with van der Waals surface area (Å²) in [4.78, 5) is 0. The number of hydrogen-bond acceptors (Lipinski definition) is 1. The van der Waals surface area contributed by atoms with Gasteiger partial charge >= 0.3 is 0 Å². The van der Waals surface area contributed by atoms with Crippen molar-refractivity contribution >= 4 is 34.8 Å². The van der Waals surface area contributed by atoms with Crippen molar-refractivity contribution in [2.75, 3.05) is 0 Å². The molecule has 0 saturated carbocycles. The molecule has 0 aromatic heterocycles. The first kappa shape index (κ1) is 11.6. The Morgan fingerprint density at radius 2 is 1.44 bits per heavy atom. The van der Waals surface area contributed by atoms with Gasteiger partial charge < -0.3 is 5.11 Å². The van der Waals surface area contributed by atoms with E-state index in [2.05, 4.69) is 0 Å². The molecule has 0 radical (unpaired) electrons. The Morgan fingerprint density at radius 3 is 2.12 bits per heavy atom. The molecule has 0 fully saturated rings. The van der Waals surface area contributed by atoms with E-state index in [-0.39, 0.29) is 15.8 Å². The standard InChI is InChI=1S/C12H7Cl3O/c13-9-4-2-1-3-7(9)8-5-6-10(14)12(16)11(8)15/h1-6,16H. The van der Waals surface area contributed by atoms with E-state index in [1.165, 1.54) is 0 Å². The van der Waals surface area contributed by atoms with Crippen LogP contribution in [0, 0.1) is 0 Å². The highest BCUT2D eigenvalue weighted by atomic mass is 35.5. The van der Waals surface area contributed by atoms with Gasteiger partial charge in [0.2, 0.25) is 0 Å². The van der Waals surface area contributed by atoms with Gasteiger partial charge in [0.05, 0.1) is 10.0 Å². The Bertz CT molecular complexity index is 538. The summed E-state index contributed by atoms with van der Waals surface area (Å²) in [5.41, 5.74) is 1.43. The van der Waals surface area contributed by atoms with Crippen molar-refractivity contribution in [1.82, 2.24) is 0 Å². The highest BCUT2D eigenvalue weighted by Crippen LogP contribution is 2.41. The predicted octanol–water partition coefficient (Wildman–Crippen LogP) is 5.02. The van der Waals surface area contributed by atoms with Crippen molar-refractivity contribution < 1.29 is 5.11 Å². The van der Waals surface area contributed by atoms with Crippen molar-refractivity contribution in [3.63, 3.8) is 0 Å². The second-order valence-corrected chi connectivity index (χ2v) is 4.43. The van der Waals surface area contributed by atoms with Crippen LogP contribution in [-0.2, 0) is 0 Å². The SMILES string of the molecule is Oc1c(Cl)ccc(-c2ccccc2Cl)c1Cl. The topological polar surface area (TPSA) is 20.2 Å². The number of rotatable bonds is 1. The lowest BCUT2D eigenvalue weighted by Crippen LogP contribution is -1.82. The molecule has 0 heterocycles. The Kier molecular flexibility index (Phi) is 3.29. The zero-order chi connectivity index (χ0) is 11.7. The molecule has 0 amide bonds. The van der Waals surface area contributed by atoms with E-state index in [1.54, 1.807) is 18.2 Å². The molecule has 0 aliphatic heterocycles. The third-order valence-electron chi connectivity index (χ3n) is 2.23. The maximum absolute atomic E-state index is 9.63. The third kappa shape index (κ3) is 1.99. The van der Waals surface area contributed by atoms with Crippen LogP contribution in [0.3, 0.4) is 0 Å². The number of hydrogen-bond donors (Lipinski definition) is 1. The lowest BCUT2D eigenvalue weighted by molar-refractivity contribution is 0.476. The molecule has 1 N–H and O–H groups in total. The minimum atomic E-state index is -0.124. The molecule has 2 aromatic rings. The molecule has 16 heavy (non-hydrogen) atoms. The maximum Gasteiger partial charge on any atom is 0.153 e. The smallest absolute Gasteiger partial charge is 0.153 e. The first-order valence-electron chi connectivity index (χ1n) is 4.53. The normalized spacial score (nSPS) is 10.4. The van der Waals surface area contributed by atoms with E-state index in [4.69, 9.17) is 34.8 Å². The van der Waals surface area contributed by atoms with Gasteiger partial charge in [0, 0.05) is 16.1 Å². The molecule has 0 bridgehead atoms. The van der Waals surface area contributed by atoms with Gasteiger partial charge in [-0.15, -0.1) is 0 Å². The van der Waals surface area contributed by atoms with E-state index in [0.717, 1.165) is 5.56 Å². The van der Waals surface area contributed by atoms with Crippen LogP contribution in [-0.4, -0.2) is 5.11 Å². The highest BCUT2D eigenvalue weighted by Gasteiger charge is 2.12. The summed E-state index contributed by atoms with van der Waals surface area (Å²) in [5.74, 6) is -0.124. The molecule has 0 atom stereocenters. The van der Waals surface area contributed by atoms with E-state index in [9.17, 15) is 5.11 Å². The second-order valence-electron chi connectivity index (χ2n) is 3.24. The summed E-state index contributed by atoms with van der Waals surface area (Å²) in [7, 11) is 0.